The molecule has 0 fully saturated rings. The second kappa shape index (κ2) is 5.85. The number of Topliss-reactive ketones (excluding diaryl/α,β-unsaturated/α-hetero) is 1. The van der Waals surface area contributed by atoms with Gasteiger partial charge in [0.15, 0.2) is 5.78 Å². The number of ketones is 1. The van der Waals surface area contributed by atoms with E-state index in [4.69, 9.17) is 4.74 Å². The summed E-state index contributed by atoms with van der Waals surface area (Å²) in [6.45, 7) is 6.09. The van der Waals surface area contributed by atoms with Crippen LogP contribution in [0, 0.1) is 0 Å². The Balaban J connectivity index is 2.03. The maximum Gasteiger partial charge on any atom is 0.195 e. The zero-order chi connectivity index (χ0) is 13.0. The van der Waals surface area contributed by atoms with Gasteiger partial charge in [-0.25, -0.2) is 0 Å². The summed E-state index contributed by atoms with van der Waals surface area (Å²) in [5.74, 6) is 0.743. The lowest BCUT2D eigenvalue weighted by atomic mass is 9.93. The van der Waals surface area contributed by atoms with Crippen LogP contribution < -0.4 is 4.74 Å². The van der Waals surface area contributed by atoms with Crippen LogP contribution in [-0.2, 0) is 0 Å². The number of unbranched alkanes of at least 4 members (excludes halogenated alkanes) is 3. The molecule has 0 aromatic heterocycles. The Morgan fingerprint density at radius 2 is 2.00 bits per heavy atom. The van der Waals surface area contributed by atoms with Crippen molar-refractivity contribution in [2.75, 3.05) is 0 Å². The Labute approximate surface area is 109 Å². The fraction of sp³-hybridized carbons (Fsp3) is 0.438. The first kappa shape index (κ1) is 12.9. The van der Waals surface area contributed by atoms with E-state index in [1.165, 1.54) is 19.3 Å². The summed E-state index contributed by atoms with van der Waals surface area (Å²) in [5, 5.41) is 0. The first-order valence-electron chi connectivity index (χ1n) is 6.73. The summed E-state index contributed by atoms with van der Waals surface area (Å²) >= 11 is 0. The van der Waals surface area contributed by atoms with Crippen LogP contribution in [0.2, 0.25) is 0 Å². The molecule has 1 atom stereocenters. The van der Waals surface area contributed by atoms with Gasteiger partial charge in [0.05, 0.1) is 5.56 Å². The average Bonchev–Trinajstić information content (AvgIpc) is 2.40. The summed E-state index contributed by atoms with van der Waals surface area (Å²) in [6, 6.07) is 7.41. The van der Waals surface area contributed by atoms with Gasteiger partial charge in [-0.3, -0.25) is 4.79 Å². The van der Waals surface area contributed by atoms with Crippen LogP contribution in [0.1, 0.15) is 49.4 Å². The highest BCUT2D eigenvalue weighted by atomic mass is 16.5. The number of ether oxygens (including phenoxy) is 1. The minimum Gasteiger partial charge on any atom is -0.485 e. The third kappa shape index (κ3) is 2.63. The highest BCUT2D eigenvalue weighted by molar-refractivity contribution is 6.11. The van der Waals surface area contributed by atoms with E-state index in [1.54, 1.807) is 6.07 Å². The maximum absolute atomic E-state index is 12.1. The van der Waals surface area contributed by atoms with Crippen LogP contribution in [-0.4, -0.2) is 11.9 Å². The van der Waals surface area contributed by atoms with Gasteiger partial charge < -0.3 is 4.74 Å². The molecule has 2 nitrogen and oxygen atoms in total. The molecule has 0 N–H and O–H groups in total. The fourth-order valence-electron chi connectivity index (χ4n) is 2.29. The number of rotatable bonds is 5. The second-order valence-electron chi connectivity index (χ2n) is 4.81. The largest absolute Gasteiger partial charge is 0.485 e. The van der Waals surface area contributed by atoms with E-state index in [2.05, 4.69) is 13.5 Å². The molecule has 18 heavy (non-hydrogen) atoms. The zero-order valence-corrected chi connectivity index (χ0v) is 10.9. The van der Waals surface area contributed by atoms with Crippen molar-refractivity contribution in [1.29, 1.82) is 0 Å². The van der Waals surface area contributed by atoms with Gasteiger partial charge in [0.2, 0.25) is 0 Å². The Bertz CT molecular complexity index is 448. The van der Waals surface area contributed by atoms with Crippen molar-refractivity contribution in [2.24, 2.45) is 0 Å². The molecule has 2 heteroatoms. The van der Waals surface area contributed by atoms with Crippen LogP contribution in [0.25, 0.3) is 0 Å². The molecule has 2 rings (SSSR count). The number of benzene rings is 1. The number of hydrogen-bond donors (Lipinski definition) is 0. The summed E-state index contributed by atoms with van der Waals surface area (Å²) in [7, 11) is 0. The molecule has 0 radical (unpaired) electrons. The molecule has 1 aromatic carbocycles. The molecule has 96 valence electrons. The monoisotopic (exact) mass is 244 g/mol. The molecule has 0 amide bonds. The van der Waals surface area contributed by atoms with Gasteiger partial charge >= 0.3 is 0 Å². The van der Waals surface area contributed by atoms with Crippen LogP contribution in [0.3, 0.4) is 0 Å². The summed E-state index contributed by atoms with van der Waals surface area (Å²) in [5.41, 5.74) is 1.25. The molecule has 1 aliphatic rings. The molecule has 0 saturated carbocycles. The third-order valence-corrected chi connectivity index (χ3v) is 3.40. The number of hydrogen-bond acceptors (Lipinski definition) is 2. The van der Waals surface area contributed by atoms with Crippen LogP contribution >= 0.6 is 0 Å². The van der Waals surface area contributed by atoms with Crippen LogP contribution in [0.15, 0.2) is 36.4 Å². The van der Waals surface area contributed by atoms with Crippen LogP contribution in [0.4, 0.5) is 0 Å². The van der Waals surface area contributed by atoms with Crippen molar-refractivity contribution in [3.63, 3.8) is 0 Å². The van der Waals surface area contributed by atoms with Gasteiger partial charge in [0.25, 0.3) is 0 Å². The highest BCUT2D eigenvalue weighted by Crippen LogP contribution is 2.31. The molecule has 0 saturated heterocycles. The molecule has 0 bridgehead atoms. The lowest BCUT2D eigenvalue weighted by Crippen LogP contribution is -2.29. The van der Waals surface area contributed by atoms with E-state index in [1.807, 2.05) is 18.2 Å². The number of carbonyl (C=O) groups is 1. The third-order valence-electron chi connectivity index (χ3n) is 3.40. The van der Waals surface area contributed by atoms with Crippen molar-refractivity contribution in [1.82, 2.24) is 0 Å². The summed E-state index contributed by atoms with van der Waals surface area (Å²) in [6.07, 6.45) is 5.49. The van der Waals surface area contributed by atoms with Crippen molar-refractivity contribution in [3.8, 4) is 5.75 Å². The van der Waals surface area contributed by atoms with E-state index in [0.717, 1.165) is 12.8 Å². The topological polar surface area (TPSA) is 26.3 Å². The standard InChI is InChI=1S/C16H20O2/c1-3-4-5-6-10-14-12(2)16(17)13-9-7-8-11-15(13)18-14/h7-9,11,14H,2-6,10H2,1H3. The Morgan fingerprint density at radius 1 is 1.22 bits per heavy atom. The minimum absolute atomic E-state index is 0.0392. The quantitative estimate of drug-likeness (QED) is 0.574. The lowest BCUT2D eigenvalue weighted by Gasteiger charge is -2.27. The normalized spacial score (nSPS) is 18.4. The smallest absolute Gasteiger partial charge is 0.195 e. The van der Waals surface area contributed by atoms with Gasteiger partial charge in [-0.15, -0.1) is 0 Å². The predicted octanol–water partition coefficient (Wildman–Crippen LogP) is 4.16. The molecule has 1 heterocycles. The van der Waals surface area contributed by atoms with Crippen molar-refractivity contribution in [3.05, 3.63) is 42.0 Å². The van der Waals surface area contributed by atoms with Crippen LogP contribution in [0.5, 0.6) is 5.75 Å². The Morgan fingerprint density at radius 3 is 2.78 bits per heavy atom. The molecule has 1 unspecified atom stereocenters. The molecule has 1 aliphatic heterocycles. The zero-order valence-electron chi connectivity index (χ0n) is 10.9. The first-order valence-corrected chi connectivity index (χ1v) is 6.73. The minimum atomic E-state index is -0.135. The average molecular weight is 244 g/mol. The Hall–Kier alpha value is -1.57. The van der Waals surface area contributed by atoms with Crippen molar-refractivity contribution in [2.45, 2.75) is 45.1 Å². The predicted molar refractivity (Wildman–Crippen MR) is 73.1 cm³/mol. The fourth-order valence-corrected chi connectivity index (χ4v) is 2.29. The molecular formula is C16H20O2. The van der Waals surface area contributed by atoms with Gasteiger partial charge in [-0.1, -0.05) is 44.9 Å². The molecule has 0 aliphatic carbocycles. The van der Waals surface area contributed by atoms with Gasteiger partial charge in [0.1, 0.15) is 11.9 Å². The number of para-hydroxylation sites is 1. The van der Waals surface area contributed by atoms with Gasteiger partial charge in [-0.2, -0.15) is 0 Å². The first-order chi connectivity index (χ1) is 8.74. The second-order valence-corrected chi connectivity index (χ2v) is 4.81. The van der Waals surface area contributed by atoms with Gasteiger partial charge in [-0.05, 0) is 25.0 Å². The Kier molecular flexibility index (Phi) is 4.19. The molecule has 1 aromatic rings. The van der Waals surface area contributed by atoms with E-state index in [-0.39, 0.29) is 11.9 Å². The van der Waals surface area contributed by atoms with E-state index >= 15 is 0 Å². The van der Waals surface area contributed by atoms with E-state index in [0.29, 0.717) is 16.9 Å². The maximum atomic E-state index is 12.1. The molecule has 0 spiro atoms. The summed E-state index contributed by atoms with van der Waals surface area (Å²) < 4.78 is 5.87. The van der Waals surface area contributed by atoms with E-state index < -0.39 is 0 Å². The van der Waals surface area contributed by atoms with Crippen molar-refractivity contribution < 1.29 is 9.53 Å². The highest BCUT2D eigenvalue weighted by Gasteiger charge is 2.29. The molecular weight excluding hydrogens is 224 g/mol. The van der Waals surface area contributed by atoms with Gasteiger partial charge in [0, 0.05) is 5.57 Å². The SMILES string of the molecule is C=C1C(=O)c2ccccc2OC1CCCCCC. The summed E-state index contributed by atoms with van der Waals surface area (Å²) in [4.78, 5) is 12.1. The lowest BCUT2D eigenvalue weighted by molar-refractivity contribution is 0.0955. The number of carbonyl (C=O) groups excluding carboxylic acids is 1. The van der Waals surface area contributed by atoms with E-state index in [9.17, 15) is 4.79 Å². The number of fused-ring (bicyclic) bond motifs is 1. The van der Waals surface area contributed by atoms with Crippen molar-refractivity contribution >= 4 is 5.78 Å².